The Morgan fingerprint density at radius 3 is 2.33 bits per heavy atom. The van der Waals surface area contributed by atoms with Gasteiger partial charge in [-0.2, -0.15) is 9.36 Å². The largest absolute Gasteiger partial charge is 0.384 e. The van der Waals surface area contributed by atoms with Gasteiger partial charge < -0.3 is 15.4 Å². The minimum atomic E-state index is -0.836. The highest BCUT2D eigenvalue weighted by Gasteiger charge is 2.54. The highest BCUT2D eigenvalue weighted by Crippen LogP contribution is 2.49. The number of methoxy groups -OCH3 is 1. The minimum absolute atomic E-state index is 0.186. The van der Waals surface area contributed by atoms with Gasteiger partial charge in [0.1, 0.15) is 0 Å². The number of nitrogens with two attached hydrogens (primary N) is 1. The van der Waals surface area contributed by atoms with Crippen LogP contribution in [0.25, 0.3) is 0 Å². The van der Waals surface area contributed by atoms with Crippen LogP contribution in [0.3, 0.4) is 0 Å². The van der Waals surface area contributed by atoms with Gasteiger partial charge in [-0.3, -0.25) is 4.79 Å². The van der Waals surface area contributed by atoms with Gasteiger partial charge in [0.2, 0.25) is 5.91 Å². The fourth-order valence-electron chi connectivity index (χ4n) is 4.63. The number of rotatable bonds is 9. The molecule has 30 heavy (non-hydrogen) atoms. The third-order valence-electron chi connectivity index (χ3n) is 6.76. The van der Waals surface area contributed by atoms with E-state index in [-0.39, 0.29) is 11.6 Å². The lowest BCUT2D eigenvalue weighted by Crippen LogP contribution is -2.59. The van der Waals surface area contributed by atoms with Gasteiger partial charge in [-0.15, -0.1) is 0 Å². The molecule has 2 aromatic rings. The molecule has 0 bridgehead atoms. The number of aryl methyl sites for hydroxylation is 1. The summed E-state index contributed by atoms with van der Waals surface area (Å²) in [5, 5.41) is 7.80. The number of carbonyl (C=O) groups excluding carboxylic acids is 1. The summed E-state index contributed by atoms with van der Waals surface area (Å²) in [6.45, 7) is 7.54. The van der Waals surface area contributed by atoms with Crippen molar-refractivity contribution in [3.63, 3.8) is 0 Å². The molecule has 164 valence electrons. The number of tetrazole rings is 1. The Kier molecular flexibility index (Phi) is 6.72. The second-order valence-electron chi connectivity index (χ2n) is 8.21. The summed E-state index contributed by atoms with van der Waals surface area (Å²) in [6, 6.07) is 9.75. The third-order valence-corrected chi connectivity index (χ3v) is 6.76. The highest BCUT2D eigenvalue weighted by molar-refractivity contribution is 5.87. The van der Waals surface area contributed by atoms with E-state index in [2.05, 4.69) is 15.3 Å². The number of hydrogen-bond donors (Lipinski definition) is 1. The van der Waals surface area contributed by atoms with Gasteiger partial charge in [0, 0.05) is 25.6 Å². The van der Waals surface area contributed by atoms with Crippen LogP contribution in [-0.4, -0.2) is 63.9 Å². The first-order valence-electron chi connectivity index (χ1n) is 10.5. The van der Waals surface area contributed by atoms with Crippen LogP contribution in [-0.2, 0) is 28.0 Å². The first kappa shape index (κ1) is 22.2. The molecular formula is C21H32N6O3. The van der Waals surface area contributed by atoms with Gasteiger partial charge in [0.15, 0.2) is 0 Å². The number of primary amides is 1. The summed E-state index contributed by atoms with van der Waals surface area (Å²) in [7, 11) is 1.67. The number of aromatic nitrogens is 4. The van der Waals surface area contributed by atoms with Crippen molar-refractivity contribution in [1.29, 1.82) is 0 Å². The molecule has 1 atom stereocenters. The number of hydrogen-bond acceptors (Lipinski definition) is 6. The highest BCUT2D eigenvalue weighted by atomic mass is 16.5. The molecule has 1 unspecified atom stereocenters. The van der Waals surface area contributed by atoms with Gasteiger partial charge in [-0.1, -0.05) is 30.3 Å². The Morgan fingerprint density at radius 2 is 1.80 bits per heavy atom. The fraction of sp³-hybridized carbons (Fsp3) is 0.619. The van der Waals surface area contributed by atoms with Gasteiger partial charge in [-0.25, -0.2) is 4.79 Å². The number of ether oxygens (including phenoxy) is 1. The van der Waals surface area contributed by atoms with E-state index < -0.39 is 10.8 Å². The summed E-state index contributed by atoms with van der Waals surface area (Å²) in [6.07, 6.45) is 1.54. The zero-order chi connectivity index (χ0) is 21.8. The Labute approximate surface area is 176 Å². The van der Waals surface area contributed by atoms with Crippen LogP contribution in [0.2, 0.25) is 0 Å². The Morgan fingerprint density at radius 1 is 1.17 bits per heavy atom. The van der Waals surface area contributed by atoms with Crippen molar-refractivity contribution in [2.24, 2.45) is 11.1 Å². The lowest BCUT2D eigenvalue weighted by Gasteiger charge is -2.51. The smallest absolute Gasteiger partial charge is 0.363 e. The maximum Gasteiger partial charge on any atom is 0.363 e. The van der Waals surface area contributed by atoms with Gasteiger partial charge >= 0.3 is 5.69 Å². The number of amides is 1. The maximum atomic E-state index is 12.8. The van der Waals surface area contributed by atoms with Crippen molar-refractivity contribution in [1.82, 2.24) is 24.7 Å². The van der Waals surface area contributed by atoms with Crippen LogP contribution < -0.4 is 11.4 Å². The molecule has 1 aromatic heterocycles. The molecule has 2 N–H and O–H groups in total. The number of piperidine rings is 1. The van der Waals surface area contributed by atoms with E-state index >= 15 is 0 Å². The molecule has 1 saturated heterocycles. The maximum absolute atomic E-state index is 12.8. The molecule has 0 saturated carbocycles. The van der Waals surface area contributed by atoms with E-state index in [0.717, 1.165) is 31.5 Å². The molecule has 9 heteroatoms. The first-order chi connectivity index (χ1) is 14.4. The number of benzene rings is 1. The van der Waals surface area contributed by atoms with E-state index in [1.165, 1.54) is 9.36 Å². The van der Waals surface area contributed by atoms with Gasteiger partial charge in [-0.05, 0) is 55.8 Å². The predicted octanol–water partition coefficient (Wildman–Crippen LogP) is 0.632. The average molecular weight is 417 g/mol. The van der Waals surface area contributed by atoms with Gasteiger partial charge in [0.25, 0.3) is 0 Å². The van der Waals surface area contributed by atoms with Crippen LogP contribution in [0.15, 0.2) is 35.1 Å². The number of nitrogens with zero attached hydrogens (tertiary/aromatic N) is 5. The standard InChI is InChI=1S/C21H32N6O3/c1-4-26-19(29)27(24-23-26)15-14-25-12-10-21(11-13-25,16-30-3)20(2,18(22)28)17-8-6-5-7-9-17/h5-9H,4,10-16H2,1-3H3,(H2,22,28). The molecule has 0 radical (unpaired) electrons. The fourth-order valence-corrected chi connectivity index (χ4v) is 4.63. The molecule has 1 aliphatic heterocycles. The summed E-state index contributed by atoms with van der Waals surface area (Å²) in [5.41, 5.74) is 5.49. The molecule has 0 aliphatic carbocycles. The van der Waals surface area contributed by atoms with Crippen molar-refractivity contribution >= 4 is 5.91 Å². The summed E-state index contributed by atoms with van der Waals surface area (Å²) in [4.78, 5) is 27.2. The van der Waals surface area contributed by atoms with Crippen LogP contribution in [0.5, 0.6) is 0 Å². The monoisotopic (exact) mass is 416 g/mol. The normalized spacial score (nSPS) is 18.8. The molecule has 3 rings (SSSR count). The van der Waals surface area contributed by atoms with E-state index in [1.54, 1.807) is 7.11 Å². The van der Waals surface area contributed by atoms with Crippen LogP contribution >= 0.6 is 0 Å². The summed E-state index contributed by atoms with van der Waals surface area (Å²) >= 11 is 0. The molecule has 1 aromatic carbocycles. The quantitative estimate of drug-likeness (QED) is 0.642. The van der Waals surface area contributed by atoms with Crippen molar-refractivity contribution in [2.45, 2.75) is 45.2 Å². The molecular weight excluding hydrogens is 384 g/mol. The minimum Gasteiger partial charge on any atom is -0.384 e. The molecule has 1 fully saturated rings. The summed E-state index contributed by atoms with van der Waals surface area (Å²) < 4.78 is 8.35. The van der Waals surface area contributed by atoms with Crippen LogP contribution in [0, 0.1) is 5.41 Å². The Bertz CT molecular complexity index is 901. The number of likely N-dealkylation sites (tertiary alicyclic amines) is 1. The van der Waals surface area contributed by atoms with E-state index in [0.29, 0.717) is 26.2 Å². The molecule has 1 aliphatic rings. The zero-order valence-corrected chi connectivity index (χ0v) is 18.1. The second-order valence-corrected chi connectivity index (χ2v) is 8.21. The van der Waals surface area contributed by atoms with Crippen molar-refractivity contribution in [2.75, 3.05) is 33.4 Å². The van der Waals surface area contributed by atoms with Crippen LogP contribution in [0.4, 0.5) is 0 Å². The molecule has 2 heterocycles. The van der Waals surface area contributed by atoms with Crippen molar-refractivity contribution in [3.05, 3.63) is 46.4 Å². The van der Waals surface area contributed by atoms with Gasteiger partial charge in [0.05, 0.1) is 18.6 Å². The van der Waals surface area contributed by atoms with Crippen molar-refractivity contribution < 1.29 is 9.53 Å². The lowest BCUT2D eigenvalue weighted by molar-refractivity contribution is -0.133. The zero-order valence-electron chi connectivity index (χ0n) is 18.1. The third kappa shape index (κ3) is 3.91. The van der Waals surface area contributed by atoms with Crippen LogP contribution in [0.1, 0.15) is 32.3 Å². The van der Waals surface area contributed by atoms with Crippen molar-refractivity contribution in [3.8, 4) is 0 Å². The number of carbonyl (C=O) groups is 1. The average Bonchev–Trinajstić information content (AvgIpc) is 3.12. The molecule has 0 spiro atoms. The lowest BCUT2D eigenvalue weighted by atomic mass is 9.56. The Balaban J connectivity index is 1.75. The first-order valence-corrected chi connectivity index (χ1v) is 10.5. The van der Waals surface area contributed by atoms with E-state index in [1.807, 2.05) is 44.2 Å². The second kappa shape index (κ2) is 9.09. The molecule has 9 nitrogen and oxygen atoms in total. The SMILES string of the molecule is CCn1nnn(CCN2CCC(COC)(C(C)(C(N)=O)c3ccccc3)CC2)c1=O. The topological polar surface area (TPSA) is 108 Å². The van der Waals surface area contributed by atoms with E-state index in [4.69, 9.17) is 10.5 Å². The Hall–Kier alpha value is -2.52. The summed E-state index contributed by atoms with van der Waals surface area (Å²) in [5.74, 6) is -0.332. The van der Waals surface area contributed by atoms with E-state index in [9.17, 15) is 9.59 Å². The predicted molar refractivity (Wildman–Crippen MR) is 113 cm³/mol. The molecule has 1 amide bonds.